The van der Waals surface area contributed by atoms with Crippen molar-refractivity contribution in [3.05, 3.63) is 11.1 Å². The molecule has 18 heavy (non-hydrogen) atoms. The second-order valence-corrected chi connectivity index (χ2v) is 6.70. The Bertz CT molecular complexity index is 480. The van der Waals surface area contributed by atoms with Crippen molar-refractivity contribution in [3.63, 3.8) is 0 Å². The van der Waals surface area contributed by atoms with Gasteiger partial charge in [0.15, 0.2) is 0 Å². The summed E-state index contributed by atoms with van der Waals surface area (Å²) in [6.07, 6.45) is 4.29. The molecule has 3 nitrogen and oxygen atoms in total. The Kier molecular flexibility index (Phi) is 1.84. The zero-order valence-corrected chi connectivity index (χ0v) is 11.3. The summed E-state index contributed by atoms with van der Waals surface area (Å²) >= 11 is 0. The SMILES string of the molecule is CC1=C2C3OC(=O)C(C)C3CCC3(C)OC23CC1. The van der Waals surface area contributed by atoms with Crippen molar-refractivity contribution in [3.8, 4) is 0 Å². The Morgan fingerprint density at radius 2 is 2.11 bits per heavy atom. The number of hydrogen-bond acceptors (Lipinski definition) is 3. The first-order chi connectivity index (χ1) is 8.48. The normalized spacial score (nSPS) is 53.5. The molecule has 5 atom stereocenters. The van der Waals surface area contributed by atoms with Crippen molar-refractivity contribution in [2.45, 2.75) is 63.8 Å². The van der Waals surface area contributed by atoms with Crippen LogP contribution in [0, 0.1) is 11.8 Å². The molecule has 98 valence electrons. The highest BCUT2D eigenvalue weighted by atomic mass is 16.6. The van der Waals surface area contributed by atoms with Crippen molar-refractivity contribution in [2.75, 3.05) is 0 Å². The first-order valence-corrected chi connectivity index (χ1v) is 7.09. The number of allylic oxidation sites excluding steroid dienone is 1. The highest BCUT2D eigenvalue weighted by Gasteiger charge is 2.73. The number of ether oxygens (including phenoxy) is 2. The molecule has 0 bridgehead atoms. The van der Waals surface area contributed by atoms with Gasteiger partial charge in [-0.3, -0.25) is 4.79 Å². The summed E-state index contributed by atoms with van der Waals surface area (Å²) < 4.78 is 11.9. The van der Waals surface area contributed by atoms with E-state index in [-0.39, 0.29) is 29.2 Å². The fourth-order valence-corrected chi connectivity index (χ4v) is 4.59. The summed E-state index contributed by atoms with van der Waals surface area (Å²) in [5.41, 5.74) is 2.65. The van der Waals surface area contributed by atoms with Gasteiger partial charge in [-0.1, -0.05) is 12.5 Å². The minimum atomic E-state index is -0.0825. The van der Waals surface area contributed by atoms with E-state index in [0.29, 0.717) is 5.92 Å². The number of epoxide rings is 1. The van der Waals surface area contributed by atoms with Gasteiger partial charge in [-0.15, -0.1) is 0 Å². The lowest BCUT2D eigenvalue weighted by molar-refractivity contribution is -0.143. The molecule has 3 heteroatoms. The topological polar surface area (TPSA) is 38.8 Å². The van der Waals surface area contributed by atoms with E-state index < -0.39 is 0 Å². The Morgan fingerprint density at radius 1 is 1.33 bits per heavy atom. The summed E-state index contributed by atoms with van der Waals surface area (Å²) in [6.45, 7) is 6.44. The van der Waals surface area contributed by atoms with Crippen LogP contribution in [0.4, 0.5) is 0 Å². The lowest BCUT2D eigenvalue weighted by Gasteiger charge is -2.21. The van der Waals surface area contributed by atoms with E-state index in [0.717, 1.165) is 25.7 Å². The lowest BCUT2D eigenvalue weighted by atomic mass is 9.83. The maximum atomic E-state index is 11.9. The van der Waals surface area contributed by atoms with Crippen molar-refractivity contribution < 1.29 is 14.3 Å². The zero-order valence-electron chi connectivity index (χ0n) is 11.3. The molecule has 0 aromatic rings. The maximum Gasteiger partial charge on any atom is 0.309 e. The summed E-state index contributed by atoms with van der Waals surface area (Å²) in [6, 6.07) is 0. The average molecular weight is 248 g/mol. The molecule has 0 aromatic heterocycles. The van der Waals surface area contributed by atoms with Gasteiger partial charge in [-0.05, 0) is 39.5 Å². The quantitative estimate of drug-likeness (QED) is 0.376. The third-order valence-electron chi connectivity index (χ3n) is 5.84. The molecule has 3 fully saturated rings. The second-order valence-electron chi connectivity index (χ2n) is 6.70. The molecule has 1 saturated carbocycles. The van der Waals surface area contributed by atoms with Crippen LogP contribution in [0.25, 0.3) is 0 Å². The van der Waals surface area contributed by atoms with Gasteiger partial charge in [0.2, 0.25) is 0 Å². The molecule has 2 saturated heterocycles. The number of hydrogen-bond donors (Lipinski definition) is 0. The third kappa shape index (κ3) is 1.04. The number of esters is 1. The first kappa shape index (κ1) is 11.0. The van der Waals surface area contributed by atoms with E-state index in [9.17, 15) is 4.79 Å². The van der Waals surface area contributed by atoms with Gasteiger partial charge in [0, 0.05) is 11.5 Å². The molecule has 4 aliphatic rings. The molecule has 0 amide bonds. The lowest BCUT2D eigenvalue weighted by Crippen LogP contribution is -2.29. The van der Waals surface area contributed by atoms with Crippen LogP contribution >= 0.6 is 0 Å². The first-order valence-electron chi connectivity index (χ1n) is 7.09. The average Bonchev–Trinajstić information content (AvgIpc) is 2.65. The smallest absolute Gasteiger partial charge is 0.309 e. The maximum absolute atomic E-state index is 11.9. The minimum Gasteiger partial charge on any atom is -0.457 e. The minimum absolute atomic E-state index is 0.000625. The van der Waals surface area contributed by atoms with Gasteiger partial charge < -0.3 is 9.47 Å². The molecule has 5 unspecified atom stereocenters. The molecule has 4 rings (SSSR count). The van der Waals surface area contributed by atoms with Crippen LogP contribution in [-0.2, 0) is 14.3 Å². The standard InChI is InChI=1S/C15H20O3/c1-8-4-7-15-11(8)12-10(9(2)13(16)17-12)5-6-14(15,3)18-15/h9-10,12H,4-7H2,1-3H3. The van der Waals surface area contributed by atoms with Gasteiger partial charge in [0.05, 0.1) is 11.5 Å². The Morgan fingerprint density at radius 3 is 2.89 bits per heavy atom. The largest absolute Gasteiger partial charge is 0.457 e. The van der Waals surface area contributed by atoms with Crippen LogP contribution in [-0.4, -0.2) is 23.3 Å². The van der Waals surface area contributed by atoms with E-state index in [1.807, 2.05) is 6.92 Å². The van der Waals surface area contributed by atoms with Gasteiger partial charge in [-0.25, -0.2) is 0 Å². The van der Waals surface area contributed by atoms with E-state index in [2.05, 4.69) is 13.8 Å². The summed E-state index contributed by atoms with van der Waals surface area (Å²) in [5.74, 6) is 0.399. The number of fused-ring (bicyclic) bond motifs is 2. The highest BCUT2D eigenvalue weighted by Crippen LogP contribution is 2.66. The molecular weight excluding hydrogens is 228 g/mol. The van der Waals surface area contributed by atoms with Crippen molar-refractivity contribution in [2.24, 2.45) is 11.8 Å². The fraction of sp³-hybridized carbons (Fsp3) is 0.800. The number of carbonyl (C=O) groups excluding carboxylic acids is 1. The van der Waals surface area contributed by atoms with Crippen LogP contribution in [0.2, 0.25) is 0 Å². The third-order valence-corrected chi connectivity index (χ3v) is 5.84. The van der Waals surface area contributed by atoms with E-state index in [1.54, 1.807) is 0 Å². The molecule has 0 radical (unpaired) electrons. The van der Waals surface area contributed by atoms with Crippen LogP contribution < -0.4 is 0 Å². The van der Waals surface area contributed by atoms with Crippen LogP contribution in [0.3, 0.4) is 0 Å². The molecule has 2 heterocycles. The monoisotopic (exact) mass is 248 g/mol. The van der Waals surface area contributed by atoms with Crippen molar-refractivity contribution >= 4 is 5.97 Å². The predicted molar refractivity (Wildman–Crippen MR) is 65.9 cm³/mol. The van der Waals surface area contributed by atoms with Crippen molar-refractivity contribution in [1.82, 2.24) is 0 Å². The number of rotatable bonds is 0. The van der Waals surface area contributed by atoms with E-state index in [1.165, 1.54) is 11.1 Å². The van der Waals surface area contributed by atoms with E-state index in [4.69, 9.17) is 9.47 Å². The Labute approximate surface area is 108 Å². The van der Waals surface area contributed by atoms with Crippen LogP contribution in [0.15, 0.2) is 11.1 Å². The highest BCUT2D eigenvalue weighted by molar-refractivity contribution is 5.76. The molecule has 1 spiro atoms. The molecule has 0 aromatic carbocycles. The van der Waals surface area contributed by atoms with Gasteiger partial charge >= 0.3 is 5.97 Å². The summed E-state index contributed by atoms with van der Waals surface area (Å²) in [7, 11) is 0. The van der Waals surface area contributed by atoms with Gasteiger partial charge in [0.1, 0.15) is 11.7 Å². The molecule has 2 aliphatic carbocycles. The molecule has 0 N–H and O–H groups in total. The fourth-order valence-electron chi connectivity index (χ4n) is 4.59. The van der Waals surface area contributed by atoms with Crippen molar-refractivity contribution in [1.29, 1.82) is 0 Å². The zero-order chi connectivity index (χ0) is 12.7. The predicted octanol–water partition coefficient (Wildman–Crippen LogP) is 2.60. The summed E-state index contributed by atoms with van der Waals surface area (Å²) in [5, 5.41) is 0. The Hall–Kier alpha value is -0.830. The second kappa shape index (κ2) is 3.01. The van der Waals surface area contributed by atoms with Gasteiger partial charge in [0.25, 0.3) is 0 Å². The molecule has 2 aliphatic heterocycles. The van der Waals surface area contributed by atoms with E-state index >= 15 is 0 Å². The summed E-state index contributed by atoms with van der Waals surface area (Å²) in [4.78, 5) is 11.9. The number of carbonyl (C=O) groups is 1. The van der Waals surface area contributed by atoms with Crippen LogP contribution in [0.1, 0.15) is 46.5 Å². The van der Waals surface area contributed by atoms with Gasteiger partial charge in [-0.2, -0.15) is 0 Å². The Balaban J connectivity index is 1.83. The molecular formula is C15H20O3. The van der Waals surface area contributed by atoms with Crippen LogP contribution in [0.5, 0.6) is 0 Å².